The first-order valence-electron chi connectivity index (χ1n) is 6.89. The predicted molar refractivity (Wildman–Crippen MR) is 76.7 cm³/mol. The summed E-state index contributed by atoms with van der Waals surface area (Å²) in [6.07, 6.45) is -0.752. The average molecular weight is 297 g/mol. The van der Waals surface area contributed by atoms with Crippen molar-refractivity contribution >= 4 is 5.69 Å². The van der Waals surface area contributed by atoms with Gasteiger partial charge in [0.25, 0.3) is 0 Å². The minimum absolute atomic E-state index is 0.246. The predicted octanol–water partition coefficient (Wildman–Crippen LogP) is 4.51. The van der Waals surface area contributed by atoms with Crippen molar-refractivity contribution in [3.8, 4) is 11.3 Å². The second-order valence-electron chi connectivity index (χ2n) is 4.96. The van der Waals surface area contributed by atoms with E-state index in [1.807, 2.05) is 0 Å². The van der Waals surface area contributed by atoms with E-state index in [9.17, 15) is 13.2 Å². The molecular formula is C15H18F3N3. The van der Waals surface area contributed by atoms with Crippen LogP contribution in [0.4, 0.5) is 18.9 Å². The van der Waals surface area contributed by atoms with Gasteiger partial charge < -0.3 is 5.73 Å². The zero-order chi connectivity index (χ0) is 15.6. The Hall–Kier alpha value is -1.98. The number of hydrogen-bond acceptors (Lipinski definition) is 2. The first-order valence-corrected chi connectivity index (χ1v) is 6.89. The summed E-state index contributed by atoms with van der Waals surface area (Å²) in [5.74, 6) is 0. The van der Waals surface area contributed by atoms with Crippen molar-refractivity contribution in [2.45, 2.75) is 38.9 Å². The third kappa shape index (κ3) is 3.20. The Morgan fingerprint density at radius 3 is 2.19 bits per heavy atom. The van der Waals surface area contributed by atoms with Crippen LogP contribution in [0.2, 0.25) is 0 Å². The van der Waals surface area contributed by atoms with Gasteiger partial charge in [-0.25, -0.2) is 0 Å². The zero-order valence-corrected chi connectivity index (χ0v) is 12.0. The molecule has 0 radical (unpaired) electrons. The van der Waals surface area contributed by atoms with Crippen molar-refractivity contribution in [3.63, 3.8) is 0 Å². The number of benzene rings is 1. The van der Waals surface area contributed by atoms with E-state index in [0.717, 1.165) is 25.0 Å². The fourth-order valence-electron chi connectivity index (χ4n) is 2.30. The van der Waals surface area contributed by atoms with Crippen molar-refractivity contribution in [2.75, 3.05) is 5.73 Å². The standard InChI is InChI=1S/C15H18F3N3/c1-3-12(4-2)21-9-13(19)14(20-21)10-5-7-11(8-6-10)15(16,17)18/h5-9,12H,3-4,19H2,1-2H3. The number of alkyl halides is 3. The molecule has 114 valence electrons. The molecular weight excluding hydrogens is 279 g/mol. The highest BCUT2D eigenvalue weighted by Gasteiger charge is 2.30. The minimum atomic E-state index is -4.33. The third-order valence-electron chi connectivity index (χ3n) is 3.56. The SMILES string of the molecule is CCC(CC)n1cc(N)c(-c2ccc(C(F)(F)F)cc2)n1. The van der Waals surface area contributed by atoms with Crippen LogP contribution in [0.25, 0.3) is 11.3 Å². The van der Waals surface area contributed by atoms with Gasteiger partial charge in [0.05, 0.1) is 17.3 Å². The Labute approximate surface area is 121 Å². The lowest BCUT2D eigenvalue weighted by Crippen LogP contribution is -2.07. The summed E-state index contributed by atoms with van der Waals surface area (Å²) in [4.78, 5) is 0. The van der Waals surface area contributed by atoms with E-state index in [-0.39, 0.29) is 6.04 Å². The number of nitrogens with zero attached hydrogens (tertiary/aromatic N) is 2. The van der Waals surface area contributed by atoms with Crippen molar-refractivity contribution in [3.05, 3.63) is 36.0 Å². The minimum Gasteiger partial charge on any atom is -0.396 e. The summed E-state index contributed by atoms with van der Waals surface area (Å²) in [5.41, 5.74) is 6.85. The summed E-state index contributed by atoms with van der Waals surface area (Å²) in [5, 5.41) is 4.42. The Balaban J connectivity index is 2.34. The highest BCUT2D eigenvalue weighted by Crippen LogP contribution is 2.32. The van der Waals surface area contributed by atoms with Gasteiger partial charge in [-0.2, -0.15) is 18.3 Å². The summed E-state index contributed by atoms with van der Waals surface area (Å²) < 4.78 is 39.5. The Morgan fingerprint density at radius 2 is 1.71 bits per heavy atom. The lowest BCUT2D eigenvalue weighted by molar-refractivity contribution is -0.137. The largest absolute Gasteiger partial charge is 0.416 e. The lowest BCUT2D eigenvalue weighted by atomic mass is 10.1. The van der Waals surface area contributed by atoms with Crippen LogP contribution >= 0.6 is 0 Å². The van der Waals surface area contributed by atoms with Crippen molar-refractivity contribution in [1.29, 1.82) is 0 Å². The van der Waals surface area contributed by atoms with Crippen LogP contribution < -0.4 is 5.73 Å². The van der Waals surface area contributed by atoms with Crippen molar-refractivity contribution in [2.24, 2.45) is 0 Å². The molecule has 1 aromatic carbocycles. The summed E-state index contributed by atoms with van der Waals surface area (Å²) in [6.45, 7) is 4.12. The number of rotatable bonds is 4. The maximum atomic E-state index is 12.6. The maximum absolute atomic E-state index is 12.6. The van der Waals surface area contributed by atoms with Gasteiger partial charge in [0.1, 0.15) is 5.69 Å². The number of halogens is 3. The first-order chi connectivity index (χ1) is 9.86. The third-order valence-corrected chi connectivity index (χ3v) is 3.56. The van der Waals surface area contributed by atoms with E-state index in [1.165, 1.54) is 12.1 Å². The molecule has 2 rings (SSSR count). The first kappa shape index (κ1) is 15.4. The number of aromatic nitrogens is 2. The number of nitrogens with two attached hydrogens (primary N) is 1. The van der Waals surface area contributed by atoms with Gasteiger partial charge in [0.15, 0.2) is 0 Å². The molecule has 0 aliphatic carbocycles. The van der Waals surface area contributed by atoms with Crippen LogP contribution in [0, 0.1) is 0 Å². The molecule has 0 bridgehead atoms. The molecule has 0 spiro atoms. The zero-order valence-electron chi connectivity index (χ0n) is 12.0. The lowest BCUT2D eigenvalue weighted by Gasteiger charge is -2.12. The smallest absolute Gasteiger partial charge is 0.396 e. The van der Waals surface area contributed by atoms with E-state index in [2.05, 4.69) is 18.9 Å². The van der Waals surface area contributed by atoms with Crippen molar-refractivity contribution < 1.29 is 13.2 Å². The molecule has 0 unspecified atom stereocenters. The van der Waals surface area contributed by atoms with E-state index >= 15 is 0 Å². The summed E-state index contributed by atoms with van der Waals surface area (Å²) >= 11 is 0. The average Bonchev–Trinajstić information content (AvgIpc) is 2.81. The van der Waals surface area contributed by atoms with Crippen LogP contribution in [0.1, 0.15) is 38.3 Å². The van der Waals surface area contributed by atoms with Gasteiger partial charge in [0.2, 0.25) is 0 Å². The van der Waals surface area contributed by atoms with Crippen LogP contribution in [0.3, 0.4) is 0 Å². The molecule has 21 heavy (non-hydrogen) atoms. The number of hydrogen-bond donors (Lipinski definition) is 1. The summed E-state index contributed by atoms with van der Waals surface area (Å²) in [6, 6.07) is 5.14. The normalized spacial score (nSPS) is 12.1. The van der Waals surface area contributed by atoms with Gasteiger partial charge in [-0.1, -0.05) is 26.0 Å². The van der Waals surface area contributed by atoms with Gasteiger partial charge in [-0.05, 0) is 25.0 Å². The molecule has 0 aliphatic heterocycles. The highest BCUT2D eigenvalue weighted by atomic mass is 19.4. The van der Waals surface area contributed by atoms with Gasteiger partial charge in [0, 0.05) is 11.8 Å². The summed E-state index contributed by atoms with van der Waals surface area (Å²) in [7, 11) is 0. The van der Waals surface area contributed by atoms with E-state index in [1.54, 1.807) is 10.9 Å². The highest BCUT2D eigenvalue weighted by molar-refractivity contribution is 5.72. The monoisotopic (exact) mass is 297 g/mol. The van der Waals surface area contributed by atoms with E-state index in [0.29, 0.717) is 16.9 Å². The fraction of sp³-hybridized carbons (Fsp3) is 0.400. The topological polar surface area (TPSA) is 43.8 Å². The molecule has 1 aromatic heterocycles. The number of anilines is 1. The molecule has 2 aromatic rings. The van der Waals surface area contributed by atoms with E-state index < -0.39 is 11.7 Å². The molecule has 2 N–H and O–H groups in total. The Morgan fingerprint density at radius 1 is 1.14 bits per heavy atom. The molecule has 3 nitrogen and oxygen atoms in total. The van der Waals surface area contributed by atoms with Gasteiger partial charge in [-0.3, -0.25) is 4.68 Å². The molecule has 0 fully saturated rings. The fourth-order valence-corrected chi connectivity index (χ4v) is 2.30. The molecule has 1 heterocycles. The Bertz CT molecular complexity index is 596. The molecule has 0 aliphatic rings. The number of nitrogen functional groups attached to an aromatic ring is 1. The molecule has 0 amide bonds. The molecule has 0 saturated heterocycles. The maximum Gasteiger partial charge on any atom is 0.416 e. The van der Waals surface area contributed by atoms with Crippen LogP contribution in [0.15, 0.2) is 30.5 Å². The molecule has 0 saturated carbocycles. The van der Waals surface area contributed by atoms with Gasteiger partial charge in [-0.15, -0.1) is 0 Å². The second kappa shape index (κ2) is 5.79. The quantitative estimate of drug-likeness (QED) is 0.902. The molecule has 0 atom stereocenters. The van der Waals surface area contributed by atoms with Crippen molar-refractivity contribution in [1.82, 2.24) is 9.78 Å². The van der Waals surface area contributed by atoms with Crippen LogP contribution in [-0.2, 0) is 6.18 Å². The second-order valence-corrected chi connectivity index (χ2v) is 4.96. The van der Waals surface area contributed by atoms with Gasteiger partial charge >= 0.3 is 6.18 Å². The Kier molecular flexibility index (Phi) is 4.25. The van der Waals surface area contributed by atoms with Crippen LogP contribution in [0.5, 0.6) is 0 Å². The van der Waals surface area contributed by atoms with Crippen LogP contribution in [-0.4, -0.2) is 9.78 Å². The molecule has 6 heteroatoms. The van der Waals surface area contributed by atoms with E-state index in [4.69, 9.17) is 5.73 Å².